The van der Waals surface area contributed by atoms with Crippen LogP contribution in [-0.4, -0.2) is 18.0 Å². The molecular formula is C12H13BrN2Si. The fourth-order valence-corrected chi connectivity index (χ4v) is 2.45. The molecular weight excluding hydrogens is 280 g/mol. The number of aromatic nitrogens is 2. The molecule has 0 atom stereocenters. The van der Waals surface area contributed by atoms with Crippen LogP contribution in [0.5, 0.6) is 0 Å². The number of halogens is 1. The SMILES string of the molecule is C[Si](C)(C)C#Cc1c[nH]c2cncc(Br)c12. The molecule has 82 valence electrons. The summed E-state index contributed by atoms with van der Waals surface area (Å²) >= 11 is 3.51. The first kappa shape index (κ1) is 11.4. The molecule has 0 aromatic carbocycles. The lowest BCUT2D eigenvalue weighted by Crippen LogP contribution is -2.16. The smallest absolute Gasteiger partial charge is 0.129 e. The van der Waals surface area contributed by atoms with Crippen LogP contribution < -0.4 is 0 Å². The average molecular weight is 293 g/mol. The molecule has 0 saturated carbocycles. The Kier molecular flexibility index (Phi) is 2.91. The van der Waals surface area contributed by atoms with E-state index in [4.69, 9.17) is 0 Å². The van der Waals surface area contributed by atoms with Crippen molar-refractivity contribution < 1.29 is 0 Å². The third-order valence-electron chi connectivity index (χ3n) is 2.11. The summed E-state index contributed by atoms with van der Waals surface area (Å²) in [6, 6.07) is 0. The second-order valence-electron chi connectivity index (χ2n) is 4.75. The zero-order valence-electron chi connectivity index (χ0n) is 9.56. The lowest BCUT2D eigenvalue weighted by molar-refractivity contribution is 1.33. The zero-order chi connectivity index (χ0) is 11.8. The van der Waals surface area contributed by atoms with Gasteiger partial charge in [0.25, 0.3) is 0 Å². The molecule has 2 aromatic rings. The van der Waals surface area contributed by atoms with Crippen molar-refractivity contribution in [1.82, 2.24) is 9.97 Å². The molecule has 0 aliphatic rings. The number of H-pyrrole nitrogens is 1. The van der Waals surface area contributed by atoms with E-state index in [0.717, 1.165) is 20.9 Å². The lowest BCUT2D eigenvalue weighted by atomic mass is 10.2. The Hall–Kier alpha value is -1.05. The van der Waals surface area contributed by atoms with Crippen LogP contribution >= 0.6 is 15.9 Å². The van der Waals surface area contributed by atoms with E-state index in [-0.39, 0.29) is 0 Å². The molecule has 16 heavy (non-hydrogen) atoms. The number of nitrogens with zero attached hydrogens (tertiary/aromatic N) is 1. The minimum absolute atomic E-state index is 0.992. The summed E-state index contributed by atoms with van der Waals surface area (Å²) in [7, 11) is -1.32. The largest absolute Gasteiger partial charge is 0.359 e. The molecule has 2 heterocycles. The number of pyridine rings is 1. The first-order valence-electron chi connectivity index (χ1n) is 5.11. The molecule has 0 spiro atoms. The summed E-state index contributed by atoms with van der Waals surface area (Å²) in [5, 5.41) is 1.13. The molecule has 0 saturated heterocycles. The quantitative estimate of drug-likeness (QED) is 0.584. The van der Waals surface area contributed by atoms with Gasteiger partial charge in [0, 0.05) is 22.3 Å². The van der Waals surface area contributed by atoms with Crippen molar-refractivity contribution in [2.75, 3.05) is 0 Å². The predicted octanol–water partition coefficient (Wildman–Crippen LogP) is 3.55. The molecule has 0 radical (unpaired) electrons. The normalized spacial score (nSPS) is 11.2. The molecule has 0 aliphatic heterocycles. The molecule has 0 aliphatic carbocycles. The van der Waals surface area contributed by atoms with Crippen LogP contribution in [0.2, 0.25) is 19.6 Å². The van der Waals surface area contributed by atoms with Crippen molar-refractivity contribution in [3.05, 3.63) is 28.6 Å². The molecule has 0 amide bonds. The van der Waals surface area contributed by atoms with Crippen molar-refractivity contribution in [1.29, 1.82) is 0 Å². The maximum Gasteiger partial charge on any atom is 0.129 e. The molecule has 2 aromatic heterocycles. The van der Waals surface area contributed by atoms with Crippen molar-refractivity contribution in [2.45, 2.75) is 19.6 Å². The van der Waals surface area contributed by atoms with E-state index in [1.54, 1.807) is 6.20 Å². The Morgan fingerprint density at radius 3 is 2.75 bits per heavy atom. The minimum Gasteiger partial charge on any atom is -0.359 e. The van der Waals surface area contributed by atoms with Gasteiger partial charge in [0.2, 0.25) is 0 Å². The molecule has 4 heteroatoms. The summed E-state index contributed by atoms with van der Waals surface area (Å²) in [6.45, 7) is 6.72. The van der Waals surface area contributed by atoms with Gasteiger partial charge in [-0.15, -0.1) is 5.54 Å². The van der Waals surface area contributed by atoms with E-state index in [1.807, 2.05) is 12.4 Å². The van der Waals surface area contributed by atoms with Crippen molar-refractivity contribution >= 4 is 34.9 Å². The third kappa shape index (κ3) is 2.37. The van der Waals surface area contributed by atoms with Crippen LogP contribution in [0.3, 0.4) is 0 Å². The molecule has 0 bridgehead atoms. The van der Waals surface area contributed by atoms with Gasteiger partial charge in [-0.05, 0) is 15.9 Å². The summed E-state index contributed by atoms with van der Waals surface area (Å²) in [6.07, 6.45) is 5.57. The van der Waals surface area contributed by atoms with Gasteiger partial charge in [0.1, 0.15) is 8.07 Å². The molecule has 2 nitrogen and oxygen atoms in total. The number of fused-ring (bicyclic) bond motifs is 1. The van der Waals surface area contributed by atoms with Gasteiger partial charge < -0.3 is 4.98 Å². The van der Waals surface area contributed by atoms with E-state index >= 15 is 0 Å². The van der Waals surface area contributed by atoms with Gasteiger partial charge in [-0.1, -0.05) is 25.6 Å². The van der Waals surface area contributed by atoms with Gasteiger partial charge in [-0.2, -0.15) is 0 Å². The second kappa shape index (κ2) is 4.08. The van der Waals surface area contributed by atoms with Crippen molar-refractivity contribution in [2.24, 2.45) is 0 Å². The Labute approximate surface area is 105 Å². The van der Waals surface area contributed by atoms with Gasteiger partial charge in [0.15, 0.2) is 0 Å². The van der Waals surface area contributed by atoms with Gasteiger partial charge in [-0.25, -0.2) is 0 Å². The Morgan fingerprint density at radius 2 is 2.06 bits per heavy atom. The standard InChI is InChI=1S/C12H13BrN2Si/c1-16(2,3)5-4-9-6-15-11-8-14-7-10(13)12(9)11/h6-8,15H,1-3H3. The van der Waals surface area contributed by atoms with Crippen molar-refractivity contribution in [3.63, 3.8) is 0 Å². The molecule has 0 fully saturated rings. The van der Waals surface area contributed by atoms with Gasteiger partial charge in [0.05, 0.1) is 17.3 Å². The van der Waals surface area contributed by atoms with Crippen LogP contribution in [0.25, 0.3) is 10.9 Å². The van der Waals surface area contributed by atoms with E-state index < -0.39 is 8.07 Å². The number of hydrogen-bond donors (Lipinski definition) is 1. The summed E-state index contributed by atoms with van der Waals surface area (Å²) in [4.78, 5) is 7.30. The number of rotatable bonds is 0. The summed E-state index contributed by atoms with van der Waals surface area (Å²) < 4.78 is 0.992. The average Bonchev–Trinajstić information content (AvgIpc) is 2.58. The fraction of sp³-hybridized carbons (Fsp3) is 0.250. The van der Waals surface area contributed by atoms with Crippen LogP contribution in [0.15, 0.2) is 23.1 Å². The van der Waals surface area contributed by atoms with Crippen LogP contribution in [0.4, 0.5) is 0 Å². The van der Waals surface area contributed by atoms with E-state index in [9.17, 15) is 0 Å². The van der Waals surface area contributed by atoms with E-state index in [2.05, 4.69) is 57.0 Å². The highest BCUT2D eigenvalue weighted by Crippen LogP contribution is 2.25. The van der Waals surface area contributed by atoms with E-state index in [1.165, 1.54) is 0 Å². The highest BCUT2D eigenvalue weighted by Gasteiger charge is 2.09. The molecule has 1 N–H and O–H groups in total. The fourth-order valence-electron chi connectivity index (χ4n) is 1.39. The van der Waals surface area contributed by atoms with Gasteiger partial charge in [-0.3, -0.25) is 4.98 Å². The van der Waals surface area contributed by atoms with Crippen LogP contribution in [-0.2, 0) is 0 Å². The highest BCUT2D eigenvalue weighted by atomic mass is 79.9. The summed E-state index contributed by atoms with van der Waals surface area (Å²) in [5.41, 5.74) is 5.44. The first-order chi connectivity index (χ1) is 7.47. The number of hydrogen-bond acceptors (Lipinski definition) is 1. The topological polar surface area (TPSA) is 28.7 Å². The third-order valence-corrected chi connectivity index (χ3v) is 3.59. The number of aromatic amines is 1. The monoisotopic (exact) mass is 292 g/mol. The van der Waals surface area contributed by atoms with Crippen LogP contribution in [0, 0.1) is 11.5 Å². The maximum atomic E-state index is 4.12. The Morgan fingerprint density at radius 1 is 1.31 bits per heavy atom. The maximum absolute atomic E-state index is 4.12. The van der Waals surface area contributed by atoms with Gasteiger partial charge >= 0.3 is 0 Å². The van der Waals surface area contributed by atoms with Crippen LogP contribution in [0.1, 0.15) is 5.56 Å². The molecule has 2 rings (SSSR count). The first-order valence-corrected chi connectivity index (χ1v) is 9.40. The van der Waals surface area contributed by atoms with E-state index in [0.29, 0.717) is 0 Å². The predicted molar refractivity (Wildman–Crippen MR) is 74.0 cm³/mol. The highest BCUT2D eigenvalue weighted by molar-refractivity contribution is 9.10. The Balaban J connectivity index is 2.57. The number of nitrogens with one attached hydrogen (secondary N) is 1. The van der Waals surface area contributed by atoms with Crippen molar-refractivity contribution in [3.8, 4) is 11.5 Å². The second-order valence-corrected chi connectivity index (χ2v) is 10.4. The zero-order valence-corrected chi connectivity index (χ0v) is 12.1. The summed E-state index contributed by atoms with van der Waals surface area (Å²) in [5.74, 6) is 3.27. The minimum atomic E-state index is -1.32. The molecule has 0 unspecified atom stereocenters. The lowest BCUT2D eigenvalue weighted by Gasteiger charge is -2.03. The Bertz CT molecular complexity index is 584.